The average molecular weight is 536 g/mol. The predicted octanol–water partition coefficient (Wildman–Crippen LogP) is 6.08. The second-order valence-corrected chi connectivity index (χ2v) is 10.9. The van der Waals surface area contributed by atoms with Crippen LogP contribution >= 0.6 is 15.9 Å². The fourth-order valence-corrected chi connectivity index (χ4v) is 6.21. The Morgan fingerprint density at radius 1 is 0.941 bits per heavy atom. The summed E-state index contributed by atoms with van der Waals surface area (Å²) >= 11 is 3.34. The van der Waals surface area contributed by atoms with Gasteiger partial charge in [-0.1, -0.05) is 57.9 Å². The highest BCUT2D eigenvalue weighted by atomic mass is 79.9. The summed E-state index contributed by atoms with van der Waals surface area (Å²) in [5.74, 6) is -0.838. The summed E-state index contributed by atoms with van der Waals surface area (Å²) in [5.41, 5.74) is 1.10. The first-order chi connectivity index (χ1) is 16.2. The van der Waals surface area contributed by atoms with Gasteiger partial charge in [0, 0.05) is 4.47 Å². The first kappa shape index (κ1) is 22.5. The molecule has 0 radical (unpaired) electrons. The van der Waals surface area contributed by atoms with Crippen LogP contribution in [0.4, 0.5) is 10.1 Å². The summed E-state index contributed by atoms with van der Waals surface area (Å²) in [6.45, 7) is 1.91. The average Bonchev–Trinajstić information content (AvgIpc) is 3.11. The van der Waals surface area contributed by atoms with E-state index in [9.17, 15) is 17.6 Å². The number of anilines is 1. The number of aryl methyl sites for hydroxylation is 1. The maximum atomic E-state index is 14.3. The topological polar surface area (TPSA) is 54.5 Å². The van der Waals surface area contributed by atoms with Gasteiger partial charge in [-0.05, 0) is 78.7 Å². The number of benzene rings is 3. The molecule has 4 nitrogen and oxygen atoms in total. The van der Waals surface area contributed by atoms with E-state index in [1.165, 1.54) is 34.6 Å². The second-order valence-electron chi connectivity index (χ2n) is 8.21. The summed E-state index contributed by atoms with van der Waals surface area (Å²) in [5, 5.41) is 0. The Labute approximate surface area is 205 Å². The quantitative estimate of drug-likeness (QED) is 0.406. The van der Waals surface area contributed by atoms with Gasteiger partial charge in [0.05, 0.1) is 16.3 Å². The number of rotatable bonds is 4. The Morgan fingerprint density at radius 2 is 1.65 bits per heavy atom. The van der Waals surface area contributed by atoms with Crippen LogP contribution in [-0.2, 0) is 20.2 Å². The molecule has 0 unspecified atom stereocenters. The molecule has 2 aliphatic rings. The molecule has 0 aliphatic heterocycles. The molecule has 170 valence electrons. The number of halogens is 2. The molecule has 0 bridgehead atoms. The molecule has 34 heavy (non-hydrogen) atoms. The molecule has 2 aliphatic carbocycles. The van der Waals surface area contributed by atoms with E-state index in [-0.39, 0.29) is 16.4 Å². The Balaban J connectivity index is 1.80. The summed E-state index contributed by atoms with van der Waals surface area (Å²) in [7, 11) is -4.15. The number of nitrogens with zero attached hydrogens (tertiary/aromatic N) is 1. The molecule has 5 rings (SSSR count). The van der Waals surface area contributed by atoms with Gasteiger partial charge in [0.15, 0.2) is 5.78 Å². The zero-order valence-corrected chi connectivity index (χ0v) is 20.5. The van der Waals surface area contributed by atoms with Crippen LogP contribution in [0.3, 0.4) is 0 Å². The number of carbonyl (C=O) groups excluding carboxylic acids is 1. The van der Waals surface area contributed by atoms with Gasteiger partial charge in [0.1, 0.15) is 11.2 Å². The first-order valence-corrected chi connectivity index (χ1v) is 12.8. The van der Waals surface area contributed by atoms with Crippen LogP contribution in [0.2, 0.25) is 0 Å². The molecule has 0 N–H and O–H groups in total. The van der Waals surface area contributed by atoms with Gasteiger partial charge >= 0.3 is 0 Å². The van der Waals surface area contributed by atoms with Crippen molar-refractivity contribution in [2.45, 2.75) is 17.2 Å². The highest BCUT2D eigenvalue weighted by molar-refractivity contribution is 9.10. The highest BCUT2D eigenvalue weighted by Gasteiger charge is 2.51. The van der Waals surface area contributed by atoms with Gasteiger partial charge in [-0.15, -0.1) is 0 Å². The van der Waals surface area contributed by atoms with Crippen LogP contribution in [0, 0.1) is 12.7 Å². The third-order valence-electron chi connectivity index (χ3n) is 6.07. The minimum Gasteiger partial charge on any atom is -0.293 e. The molecular formula is C27H19BrFNO3S. The van der Waals surface area contributed by atoms with Crippen molar-refractivity contribution in [3.05, 3.63) is 124 Å². The van der Waals surface area contributed by atoms with Gasteiger partial charge in [0.2, 0.25) is 0 Å². The van der Waals surface area contributed by atoms with E-state index in [0.29, 0.717) is 16.8 Å². The lowest BCUT2D eigenvalue weighted by Crippen LogP contribution is -2.44. The molecule has 0 saturated heterocycles. The number of ketones is 1. The lowest BCUT2D eigenvalue weighted by molar-refractivity contribution is -0.117. The van der Waals surface area contributed by atoms with Crippen LogP contribution < -0.4 is 4.31 Å². The molecule has 1 atom stereocenters. The standard InChI is InChI=1S/C27H19BrFNO3S/c1-18-5-11-22(12-6-18)30(34(32,33)23-13-8-20(28)9-14-23)25-16-19-7-10-21(29)17-24(19)27(25)15-3-2-4-26(27)31/h2-17H,1H3/t27-/m1/s1. The Kier molecular flexibility index (Phi) is 5.41. The molecule has 1 spiro atoms. The van der Waals surface area contributed by atoms with E-state index in [1.807, 2.05) is 19.1 Å². The van der Waals surface area contributed by atoms with E-state index >= 15 is 0 Å². The van der Waals surface area contributed by atoms with E-state index in [1.54, 1.807) is 54.6 Å². The zero-order valence-electron chi connectivity index (χ0n) is 18.1. The van der Waals surface area contributed by atoms with Gasteiger partial charge < -0.3 is 0 Å². The van der Waals surface area contributed by atoms with E-state index < -0.39 is 21.3 Å². The molecule has 0 saturated carbocycles. The van der Waals surface area contributed by atoms with Gasteiger partial charge in [-0.25, -0.2) is 17.1 Å². The SMILES string of the molecule is Cc1ccc(N(C2=Cc3ccc(F)cc3[C@]23C=CC=CC3=O)S(=O)(=O)c2ccc(Br)cc2)cc1. The minimum absolute atomic E-state index is 0.0669. The normalized spacial score (nSPS) is 18.8. The highest BCUT2D eigenvalue weighted by Crippen LogP contribution is 2.49. The van der Waals surface area contributed by atoms with Gasteiger partial charge in [0.25, 0.3) is 10.0 Å². The molecule has 3 aromatic rings. The van der Waals surface area contributed by atoms with Crippen molar-refractivity contribution < 1.29 is 17.6 Å². The molecule has 0 heterocycles. The van der Waals surface area contributed by atoms with E-state index in [4.69, 9.17) is 0 Å². The predicted molar refractivity (Wildman–Crippen MR) is 134 cm³/mol. The largest absolute Gasteiger partial charge is 0.293 e. The van der Waals surface area contributed by atoms with Crippen molar-refractivity contribution in [3.8, 4) is 0 Å². The minimum atomic E-state index is -4.15. The number of hydrogen-bond acceptors (Lipinski definition) is 3. The maximum absolute atomic E-state index is 14.3. The Bertz CT molecular complexity index is 1510. The summed E-state index contributed by atoms with van der Waals surface area (Å²) in [6, 6.07) is 17.5. The van der Waals surface area contributed by atoms with E-state index in [0.717, 1.165) is 10.0 Å². The van der Waals surface area contributed by atoms with Crippen LogP contribution in [0.5, 0.6) is 0 Å². The van der Waals surface area contributed by atoms with Gasteiger partial charge in [-0.3, -0.25) is 4.79 Å². The molecule has 0 amide bonds. The second kappa shape index (κ2) is 8.18. The molecule has 0 fully saturated rings. The summed E-state index contributed by atoms with van der Waals surface area (Å²) in [6.07, 6.45) is 7.99. The lowest BCUT2D eigenvalue weighted by atomic mass is 9.74. The fraction of sp³-hybridized carbons (Fsp3) is 0.0741. The van der Waals surface area contributed by atoms with E-state index in [2.05, 4.69) is 15.9 Å². The van der Waals surface area contributed by atoms with Crippen LogP contribution in [0.15, 0.2) is 106 Å². The third-order valence-corrected chi connectivity index (χ3v) is 8.35. The molecule has 7 heteroatoms. The molecular weight excluding hydrogens is 517 g/mol. The summed E-state index contributed by atoms with van der Waals surface area (Å²) < 4.78 is 44.5. The first-order valence-electron chi connectivity index (χ1n) is 10.5. The van der Waals surface area contributed by atoms with Crippen molar-refractivity contribution in [1.29, 1.82) is 0 Å². The molecule has 3 aromatic carbocycles. The van der Waals surface area contributed by atoms with Gasteiger partial charge in [-0.2, -0.15) is 0 Å². The van der Waals surface area contributed by atoms with Crippen LogP contribution in [-0.4, -0.2) is 14.2 Å². The number of allylic oxidation sites excluding steroid dienone is 4. The Hall–Kier alpha value is -3.29. The van der Waals surface area contributed by atoms with Crippen molar-refractivity contribution in [1.82, 2.24) is 0 Å². The Morgan fingerprint density at radius 3 is 2.32 bits per heavy atom. The summed E-state index contributed by atoms with van der Waals surface area (Å²) in [4.78, 5) is 13.5. The maximum Gasteiger partial charge on any atom is 0.268 e. The molecule has 0 aromatic heterocycles. The fourth-order valence-electron chi connectivity index (χ4n) is 4.40. The number of fused-ring (bicyclic) bond motifs is 2. The van der Waals surface area contributed by atoms with Crippen LogP contribution in [0.1, 0.15) is 16.7 Å². The zero-order chi connectivity index (χ0) is 24.1. The number of sulfonamides is 1. The van der Waals surface area contributed by atoms with Crippen molar-refractivity contribution in [2.24, 2.45) is 0 Å². The number of hydrogen-bond donors (Lipinski definition) is 0. The third kappa shape index (κ3) is 3.47. The lowest BCUT2D eigenvalue weighted by Gasteiger charge is -2.36. The van der Waals surface area contributed by atoms with Crippen molar-refractivity contribution in [2.75, 3.05) is 4.31 Å². The van der Waals surface area contributed by atoms with Crippen molar-refractivity contribution in [3.63, 3.8) is 0 Å². The number of carbonyl (C=O) groups is 1. The monoisotopic (exact) mass is 535 g/mol. The van der Waals surface area contributed by atoms with Crippen molar-refractivity contribution >= 4 is 43.5 Å². The van der Waals surface area contributed by atoms with Crippen LogP contribution in [0.25, 0.3) is 6.08 Å². The smallest absolute Gasteiger partial charge is 0.268 e.